The number of imidazole rings is 1. The van der Waals surface area contributed by atoms with Crippen LogP contribution in [-0.2, 0) is 13.0 Å². The molecule has 4 heteroatoms. The quantitative estimate of drug-likeness (QED) is 0.405. The maximum Gasteiger partial charge on any atom is 0.135 e. The van der Waals surface area contributed by atoms with Gasteiger partial charge in [0.2, 0.25) is 0 Å². The number of aliphatic imine (C=N–C) groups is 1. The van der Waals surface area contributed by atoms with Crippen LogP contribution in [0, 0.1) is 0 Å². The van der Waals surface area contributed by atoms with Crippen LogP contribution in [0.4, 0.5) is 0 Å². The van der Waals surface area contributed by atoms with Crippen molar-refractivity contribution < 1.29 is 0 Å². The molecule has 0 bridgehead atoms. The number of aromatic amines is 1. The Bertz CT molecular complexity index is 1380. The molecule has 0 radical (unpaired) electrons. The number of benzene rings is 3. The Kier molecular flexibility index (Phi) is 4.27. The van der Waals surface area contributed by atoms with E-state index in [2.05, 4.69) is 94.7 Å². The molecule has 5 aromatic rings. The zero-order valence-electron chi connectivity index (χ0n) is 17.1. The fourth-order valence-corrected chi connectivity index (χ4v) is 4.46. The molecule has 0 amide bonds. The maximum atomic E-state index is 5.20. The highest BCUT2D eigenvalue weighted by Crippen LogP contribution is 2.32. The number of H-pyrrole nitrogens is 1. The predicted molar refractivity (Wildman–Crippen MR) is 125 cm³/mol. The van der Waals surface area contributed by atoms with E-state index >= 15 is 0 Å². The number of nitrogens with one attached hydrogen (secondary N) is 1. The van der Waals surface area contributed by atoms with Crippen LogP contribution in [0.3, 0.4) is 0 Å². The maximum absolute atomic E-state index is 5.20. The number of fused-ring (bicyclic) bond motifs is 2. The van der Waals surface area contributed by atoms with Gasteiger partial charge in [0.25, 0.3) is 0 Å². The topological polar surface area (TPSA) is 46.0 Å². The van der Waals surface area contributed by atoms with Crippen molar-refractivity contribution in [2.45, 2.75) is 19.0 Å². The highest BCUT2D eigenvalue weighted by Gasteiger charge is 2.26. The highest BCUT2D eigenvalue weighted by atomic mass is 15.1. The van der Waals surface area contributed by atoms with Gasteiger partial charge in [0.1, 0.15) is 11.9 Å². The van der Waals surface area contributed by atoms with Crippen LogP contribution in [0.5, 0.6) is 0 Å². The third-order valence-corrected chi connectivity index (χ3v) is 6.00. The van der Waals surface area contributed by atoms with Crippen molar-refractivity contribution in [3.05, 3.63) is 114 Å². The van der Waals surface area contributed by atoms with Crippen molar-refractivity contribution in [1.82, 2.24) is 14.5 Å². The molecular weight excluding hydrogens is 380 g/mol. The van der Waals surface area contributed by atoms with Gasteiger partial charge in [-0.1, -0.05) is 78.9 Å². The Morgan fingerprint density at radius 1 is 0.839 bits per heavy atom. The Morgan fingerprint density at radius 2 is 1.55 bits per heavy atom. The van der Waals surface area contributed by atoms with Gasteiger partial charge >= 0.3 is 0 Å². The molecule has 150 valence electrons. The zero-order valence-corrected chi connectivity index (χ0v) is 17.1. The molecule has 1 N–H and O–H groups in total. The molecule has 1 aliphatic rings. The van der Waals surface area contributed by atoms with E-state index in [-0.39, 0.29) is 6.04 Å². The minimum absolute atomic E-state index is 0.0272. The lowest BCUT2D eigenvalue weighted by molar-refractivity contribution is 0.597. The van der Waals surface area contributed by atoms with E-state index < -0.39 is 0 Å². The van der Waals surface area contributed by atoms with Crippen molar-refractivity contribution in [2.24, 2.45) is 4.99 Å². The van der Waals surface area contributed by atoms with E-state index in [4.69, 9.17) is 9.98 Å². The monoisotopic (exact) mass is 402 g/mol. The molecule has 0 spiro atoms. The second-order valence-corrected chi connectivity index (χ2v) is 8.00. The minimum Gasteiger partial charge on any atom is -0.361 e. The summed E-state index contributed by atoms with van der Waals surface area (Å²) in [4.78, 5) is 13.6. The van der Waals surface area contributed by atoms with Crippen LogP contribution in [0.15, 0.2) is 102 Å². The van der Waals surface area contributed by atoms with Crippen molar-refractivity contribution in [3.8, 4) is 11.3 Å². The number of para-hydroxylation sites is 1. The van der Waals surface area contributed by atoms with Gasteiger partial charge in [-0.2, -0.15) is 0 Å². The second-order valence-electron chi connectivity index (χ2n) is 8.00. The average Bonchev–Trinajstić information content (AvgIpc) is 3.45. The van der Waals surface area contributed by atoms with Crippen LogP contribution < -0.4 is 0 Å². The first-order chi connectivity index (χ1) is 15.3. The van der Waals surface area contributed by atoms with E-state index in [0.717, 1.165) is 41.3 Å². The van der Waals surface area contributed by atoms with Crippen LogP contribution in [0.1, 0.15) is 23.0 Å². The Morgan fingerprint density at radius 3 is 2.35 bits per heavy atom. The van der Waals surface area contributed by atoms with Crippen LogP contribution in [-0.4, -0.2) is 20.2 Å². The summed E-state index contributed by atoms with van der Waals surface area (Å²) < 4.78 is 2.27. The summed E-state index contributed by atoms with van der Waals surface area (Å²) in [6.07, 6.45) is 5.10. The third kappa shape index (κ3) is 3.26. The summed E-state index contributed by atoms with van der Waals surface area (Å²) in [5, 5.41) is 1.26. The van der Waals surface area contributed by atoms with Gasteiger partial charge in [-0.05, 0) is 17.2 Å². The summed E-state index contributed by atoms with van der Waals surface area (Å²) in [7, 11) is 0. The first-order valence-corrected chi connectivity index (χ1v) is 10.6. The Hall–Kier alpha value is -3.92. The van der Waals surface area contributed by atoms with Crippen molar-refractivity contribution >= 4 is 16.6 Å². The molecule has 0 saturated heterocycles. The fourth-order valence-electron chi connectivity index (χ4n) is 4.46. The first-order valence-electron chi connectivity index (χ1n) is 10.6. The molecule has 0 fully saturated rings. The van der Waals surface area contributed by atoms with E-state index in [1.165, 1.54) is 16.5 Å². The lowest BCUT2D eigenvalue weighted by atomic mass is 10.0. The molecule has 4 nitrogen and oxygen atoms in total. The molecule has 3 heterocycles. The standard InChI is InChI=1S/C27H22N4/c1-3-9-19(10-4-1)25-17-31-18-26(20-11-5-2-6-12-20)30-27(31)24(29-25)15-21-16-28-23-14-8-7-13-22(21)23/h1-14,16,18,24,28H,15,17H2. The molecule has 31 heavy (non-hydrogen) atoms. The molecule has 0 saturated carbocycles. The third-order valence-electron chi connectivity index (χ3n) is 6.00. The number of nitrogens with zero attached hydrogens (tertiary/aromatic N) is 3. The summed E-state index contributed by atoms with van der Waals surface area (Å²) in [6.45, 7) is 0.740. The first kappa shape index (κ1) is 17.9. The molecular formula is C27H22N4. The molecule has 2 aromatic heterocycles. The largest absolute Gasteiger partial charge is 0.361 e. The summed E-state index contributed by atoms with van der Waals surface area (Å²) >= 11 is 0. The highest BCUT2D eigenvalue weighted by molar-refractivity contribution is 6.01. The van der Waals surface area contributed by atoms with Gasteiger partial charge in [-0.15, -0.1) is 0 Å². The number of rotatable bonds is 4. The van der Waals surface area contributed by atoms with Gasteiger partial charge in [-0.3, -0.25) is 4.99 Å². The van der Waals surface area contributed by atoms with Crippen LogP contribution in [0.25, 0.3) is 22.2 Å². The number of hydrogen-bond donors (Lipinski definition) is 1. The van der Waals surface area contributed by atoms with Crippen LogP contribution in [0.2, 0.25) is 0 Å². The molecule has 0 aliphatic carbocycles. The average molecular weight is 403 g/mol. The SMILES string of the molecule is c1ccc(C2=NC(Cc3c[nH]c4ccccc34)c3nc(-c4ccccc4)cn3C2)cc1. The lowest BCUT2D eigenvalue weighted by Crippen LogP contribution is -2.23. The van der Waals surface area contributed by atoms with Gasteiger partial charge in [0.05, 0.1) is 18.0 Å². The lowest BCUT2D eigenvalue weighted by Gasteiger charge is -2.22. The van der Waals surface area contributed by atoms with E-state index in [9.17, 15) is 0 Å². The second kappa shape index (κ2) is 7.40. The normalized spacial score (nSPS) is 15.6. The molecule has 1 unspecified atom stereocenters. The van der Waals surface area contributed by atoms with E-state index in [1.54, 1.807) is 0 Å². The van der Waals surface area contributed by atoms with Crippen LogP contribution >= 0.6 is 0 Å². The van der Waals surface area contributed by atoms with Gasteiger partial charge < -0.3 is 9.55 Å². The van der Waals surface area contributed by atoms with Gasteiger partial charge in [-0.25, -0.2) is 4.98 Å². The molecule has 1 aliphatic heterocycles. The van der Waals surface area contributed by atoms with Gasteiger partial charge in [0, 0.05) is 35.3 Å². The molecule has 3 aromatic carbocycles. The summed E-state index contributed by atoms with van der Waals surface area (Å²) in [5.41, 5.74) is 6.85. The van der Waals surface area contributed by atoms with Crippen molar-refractivity contribution in [2.75, 3.05) is 0 Å². The van der Waals surface area contributed by atoms with Crippen molar-refractivity contribution in [3.63, 3.8) is 0 Å². The van der Waals surface area contributed by atoms with Gasteiger partial charge in [0.15, 0.2) is 0 Å². The number of hydrogen-bond acceptors (Lipinski definition) is 2. The smallest absolute Gasteiger partial charge is 0.135 e. The zero-order chi connectivity index (χ0) is 20.6. The summed E-state index contributed by atoms with van der Waals surface area (Å²) in [5.74, 6) is 1.03. The summed E-state index contributed by atoms with van der Waals surface area (Å²) in [6, 6.07) is 29.3. The Balaban J connectivity index is 1.44. The Labute approximate surface area is 180 Å². The number of aromatic nitrogens is 3. The van der Waals surface area contributed by atoms with E-state index in [0.29, 0.717) is 0 Å². The minimum atomic E-state index is -0.0272. The molecule has 1 atom stereocenters. The predicted octanol–water partition coefficient (Wildman–Crippen LogP) is 5.82. The van der Waals surface area contributed by atoms with E-state index in [1.807, 2.05) is 12.1 Å². The molecule has 6 rings (SSSR count). The van der Waals surface area contributed by atoms with Crippen molar-refractivity contribution in [1.29, 1.82) is 0 Å². The fraction of sp³-hybridized carbons (Fsp3) is 0.111.